The average Bonchev–Trinajstić information content (AvgIpc) is 2.78. The molecule has 1 aliphatic rings. The van der Waals surface area contributed by atoms with Crippen molar-refractivity contribution in [3.8, 4) is 0 Å². The van der Waals surface area contributed by atoms with E-state index in [9.17, 15) is 9.90 Å². The van der Waals surface area contributed by atoms with Crippen LogP contribution in [0.5, 0.6) is 0 Å². The third kappa shape index (κ3) is 2.91. The predicted octanol–water partition coefficient (Wildman–Crippen LogP) is 1.71. The highest BCUT2D eigenvalue weighted by Crippen LogP contribution is 2.23. The molecule has 0 spiro atoms. The maximum atomic E-state index is 10.7. The number of hydrogen-bond acceptors (Lipinski definition) is 4. The van der Waals surface area contributed by atoms with Gasteiger partial charge in [0.1, 0.15) is 5.76 Å². The molecule has 5 heteroatoms. The maximum Gasteiger partial charge on any atom is 0.371 e. The lowest BCUT2D eigenvalue weighted by atomic mass is 9.91. The molecular weight excluding hydrogens is 234 g/mol. The molecule has 0 radical (unpaired) electrons. The largest absolute Gasteiger partial charge is 0.475 e. The fraction of sp³-hybridized carbons (Fsp3) is 0.615. The van der Waals surface area contributed by atoms with Crippen LogP contribution in [0.4, 0.5) is 0 Å². The number of aliphatic hydroxyl groups excluding tert-OH is 1. The molecular formula is C13H19NO4. The summed E-state index contributed by atoms with van der Waals surface area (Å²) in [7, 11) is 1.93. The minimum absolute atomic E-state index is 0.0393. The number of aromatic carboxylic acids is 1. The van der Waals surface area contributed by atoms with Crippen molar-refractivity contribution in [2.24, 2.45) is 0 Å². The Bertz CT molecular complexity index is 415. The van der Waals surface area contributed by atoms with Gasteiger partial charge in [0.25, 0.3) is 0 Å². The number of likely N-dealkylation sites (N-methyl/N-ethyl adjacent to an activating group) is 1. The van der Waals surface area contributed by atoms with Crippen molar-refractivity contribution >= 4 is 5.97 Å². The first-order valence-electron chi connectivity index (χ1n) is 6.28. The van der Waals surface area contributed by atoms with Gasteiger partial charge in [0.15, 0.2) is 0 Å². The van der Waals surface area contributed by atoms with Crippen LogP contribution in [0.1, 0.15) is 42.0 Å². The number of rotatable bonds is 4. The van der Waals surface area contributed by atoms with E-state index in [1.54, 1.807) is 6.07 Å². The molecule has 2 unspecified atom stereocenters. The summed E-state index contributed by atoms with van der Waals surface area (Å²) in [6, 6.07) is 3.27. The van der Waals surface area contributed by atoms with Gasteiger partial charge in [-0.25, -0.2) is 4.79 Å². The van der Waals surface area contributed by atoms with Crippen LogP contribution < -0.4 is 0 Å². The molecule has 0 bridgehead atoms. The van der Waals surface area contributed by atoms with E-state index in [1.165, 1.54) is 6.07 Å². The zero-order valence-electron chi connectivity index (χ0n) is 10.5. The smallest absolute Gasteiger partial charge is 0.371 e. The van der Waals surface area contributed by atoms with Gasteiger partial charge in [0.2, 0.25) is 5.76 Å². The second-order valence-corrected chi connectivity index (χ2v) is 4.91. The van der Waals surface area contributed by atoms with Crippen LogP contribution in [0, 0.1) is 0 Å². The molecule has 100 valence electrons. The normalized spacial score (nSPS) is 24.4. The Labute approximate surface area is 106 Å². The number of hydrogen-bond donors (Lipinski definition) is 2. The van der Waals surface area contributed by atoms with Crippen LogP contribution >= 0.6 is 0 Å². The van der Waals surface area contributed by atoms with Crippen molar-refractivity contribution in [1.82, 2.24) is 4.90 Å². The van der Waals surface area contributed by atoms with Gasteiger partial charge in [-0.1, -0.05) is 12.8 Å². The molecule has 0 aromatic carbocycles. The van der Waals surface area contributed by atoms with Crippen LogP contribution in [0.2, 0.25) is 0 Å². The third-order valence-corrected chi connectivity index (χ3v) is 3.54. The zero-order chi connectivity index (χ0) is 13.1. The van der Waals surface area contributed by atoms with E-state index < -0.39 is 5.97 Å². The molecule has 2 atom stereocenters. The minimum atomic E-state index is -1.05. The lowest BCUT2D eigenvalue weighted by molar-refractivity contribution is 0.0258. The van der Waals surface area contributed by atoms with E-state index in [2.05, 4.69) is 0 Å². The minimum Gasteiger partial charge on any atom is -0.475 e. The fourth-order valence-corrected chi connectivity index (χ4v) is 2.55. The second kappa shape index (κ2) is 5.54. The number of carboxylic acid groups (broad SMARTS) is 1. The molecule has 1 aromatic rings. The van der Waals surface area contributed by atoms with E-state index in [-0.39, 0.29) is 17.9 Å². The summed E-state index contributed by atoms with van der Waals surface area (Å²) in [4.78, 5) is 12.7. The quantitative estimate of drug-likeness (QED) is 0.854. The summed E-state index contributed by atoms with van der Waals surface area (Å²) in [5.41, 5.74) is 0. The van der Waals surface area contributed by atoms with Gasteiger partial charge in [-0.15, -0.1) is 0 Å². The van der Waals surface area contributed by atoms with E-state index in [4.69, 9.17) is 9.52 Å². The summed E-state index contributed by atoms with van der Waals surface area (Å²) < 4.78 is 5.22. The standard InChI is InChI=1S/C13H19NO4/c1-14(10-4-2-3-5-11(10)15)8-9-6-7-12(18-9)13(16)17/h6-7,10-11,15H,2-5,8H2,1H3,(H,16,17). The van der Waals surface area contributed by atoms with Gasteiger partial charge in [-0.3, -0.25) is 4.90 Å². The Balaban J connectivity index is 1.97. The first-order chi connectivity index (χ1) is 8.58. The summed E-state index contributed by atoms with van der Waals surface area (Å²) in [5, 5.41) is 18.7. The molecule has 1 heterocycles. The highest BCUT2D eigenvalue weighted by Gasteiger charge is 2.27. The van der Waals surface area contributed by atoms with E-state index in [1.807, 2.05) is 11.9 Å². The topological polar surface area (TPSA) is 73.9 Å². The van der Waals surface area contributed by atoms with Crippen molar-refractivity contribution < 1.29 is 19.4 Å². The SMILES string of the molecule is CN(Cc1ccc(C(=O)O)o1)C1CCCCC1O. The summed E-state index contributed by atoms with van der Waals surface area (Å²) >= 11 is 0. The van der Waals surface area contributed by atoms with E-state index in [0.717, 1.165) is 25.7 Å². The molecule has 5 nitrogen and oxygen atoms in total. The van der Waals surface area contributed by atoms with Gasteiger partial charge in [-0.2, -0.15) is 0 Å². The van der Waals surface area contributed by atoms with Gasteiger partial charge in [0, 0.05) is 6.04 Å². The number of nitrogens with zero attached hydrogens (tertiary/aromatic N) is 1. The van der Waals surface area contributed by atoms with Crippen LogP contribution in [0.3, 0.4) is 0 Å². The monoisotopic (exact) mass is 253 g/mol. The molecule has 0 amide bonds. The summed E-state index contributed by atoms with van der Waals surface area (Å²) in [6.45, 7) is 0.523. The Morgan fingerprint density at radius 3 is 2.78 bits per heavy atom. The first kappa shape index (κ1) is 13.1. The Morgan fingerprint density at radius 2 is 2.17 bits per heavy atom. The van der Waals surface area contributed by atoms with E-state index in [0.29, 0.717) is 12.3 Å². The molecule has 1 fully saturated rings. The van der Waals surface area contributed by atoms with Crippen LogP contribution in [0.25, 0.3) is 0 Å². The van der Waals surface area contributed by atoms with Crippen molar-refractivity contribution in [3.63, 3.8) is 0 Å². The van der Waals surface area contributed by atoms with Gasteiger partial charge < -0.3 is 14.6 Å². The lowest BCUT2D eigenvalue weighted by Gasteiger charge is -2.34. The van der Waals surface area contributed by atoms with Crippen molar-refractivity contribution in [3.05, 3.63) is 23.7 Å². The average molecular weight is 253 g/mol. The maximum absolute atomic E-state index is 10.7. The number of carbonyl (C=O) groups is 1. The Kier molecular flexibility index (Phi) is 4.04. The molecule has 1 saturated carbocycles. The third-order valence-electron chi connectivity index (χ3n) is 3.54. The molecule has 0 aliphatic heterocycles. The molecule has 0 saturated heterocycles. The highest BCUT2D eigenvalue weighted by atomic mass is 16.4. The first-order valence-corrected chi connectivity index (χ1v) is 6.28. The van der Waals surface area contributed by atoms with Gasteiger partial charge >= 0.3 is 5.97 Å². The van der Waals surface area contributed by atoms with Crippen molar-refractivity contribution in [1.29, 1.82) is 0 Å². The molecule has 2 N–H and O–H groups in total. The van der Waals surface area contributed by atoms with Crippen molar-refractivity contribution in [2.75, 3.05) is 7.05 Å². The summed E-state index contributed by atoms with van der Waals surface area (Å²) in [5.74, 6) is -0.475. The van der Waals surface area contributed by atoms with Gasteiger partial charge in [-0.05, 0) is 32.0 Å². The molecule has 2 rings (SSSR count). The Hall–Kier alpha value is -1.33. The molecule has 18 heavy (non-hydrogen) atoms. The van der Waals surface area contributed by atoms with Crippen molar-refractivity contribution in [2.45, 2.75) is 44.4 Å². The lowest BCUT2D eigenvalue weighted by Crippen LogP contribution is -2.42. The number of carboxylic acids is 1. The van der Waals surface area contributed by atoms with Crippen LogP contribution in [0.15, 0.2) is 16.5 Å². The van der Waals surface area contributed by atoms with Crippen LogP contribution in [-0.4, -0.2) is 40.3 Å². The fourth-order valence-electron chi connectivity index (χ4n) is 2.55. The van der Waals surface area contributed by atoms with Crippen LogP contribution in [-0.2, 0) is 6.54 Å². The van der Waals surface area contributed by atoms with Gasteiger partial charge in [0.05, 0.1) is 12.6 Å². The number of aliphatic hydroxyl groups is 1. The molecule has 1 aromatic heterocycles. The highest BCUT2D eigenvalue weighted by molar-refractivity contribution is 5.84. The predicted molar refractivity (Wildman–Crippen MR) is 65.4 cm³/mol. The van der Waals surface area contributed by atoms with E-state index >= 15 is 0 Å². The molecule has 1 aliphatic carbocycles. The summed E-state index contributed by atoms with van der Waals surface area (Å²) in [6.07, 6.45) is 3.73. The number of furan rings is 1. The Morgan fingerprint density at radius 1 is 1.44 bits per heavy atom. The zero-order valence-corrected chi connectivity index (χ0v) is 10.5. The second-order valence-electron chi connectivity index (χ2n) is 4.91.